The Balaban J connectivity index is 2.12. The predicted molar refractivity (Wildman–Crippen MR) is 74.4 cm³/mol. The van der Waals surface area contributed by atoms with E-state index in [1.165, 1.54) is 6.20 Å². The molecule has 0 bridgehead atoms. The van der Waals surface area contributed by atoms with Crippen molar-refractivity contribution in [3.05, 3.63) is 28.4 Å². The Hall–Kier alpha value is -1.69. The van der Waals surface area contributed by atoms with Crippen LogP contribution in [0.25, 0.3) is 0 Å². The molecule has 0 saturated heterocycles. The Bertz CT molecular complexity index is 444. The number of rotatable bonds is 4. The molecule has 1 aromatic rings. The van der Waals surface area contributed by atoms with E-state index in [0.717, 1.165) is 25.7 Å². The number of anilines is 1. The number of nitrogens with zero attached hydrogens (tertiary/aromatic N) is 3. The first-order valence-corrected chi connectivity index (χ1v) is 6.63. The van der Waals surface area contributed by atoms with E-state index < -0.39 is 4.92 Å². The summed E-state index contributed by atoms with van der Waals surface area (Å²) in [6, 6.07) is 4.45. The molecule has 19 heavy (non-hydrogen) atoms. The Morgan fingerprint density at radius 2 is 2.11 bits per heavy atom. The topological polar surface area (TPSA) is 71.3 Å². The van der Waals surface area contributed by atoms with E-state index in [4.69, 9.17) is 0 Å². The molecule has 6 nitrogen and oxygen atoms in total. The van der Waals surface area contributed by atoms with Crippen molar-refractivity contribution in [3.63, 3.8) is 0 Å². The minimum absolute atomic E-state index is 0.0549. The average molecular weight is 264 g/mol. The lowest BCUT2D eigenvalue weighted by Crippen LogP contribution is -2.40. The van der Waals surface area contributed by atoms with Crippen LogP contribution in [0.2, 0.25) is 0 Å². The molecule has 1 N–H and O–H groups in total. The second-order valence-corrected chi connectivity index (χ2v) is 5.01. The van der Waals surface area contributed by atoms with Crippen LogP contribution >= 0.6 is 0 Å². The summed E-state index contributed by atoms with van der Waals surface area (Å²) >= 11 is 0. The van der Waals surface area contributed by atoms with E-state index in [1.807, 2.05) is 19.0 Å². The van der Waals surface area contributed by atoms with E-state index in [0.29, 0.717) is 17.8 Å². The number of aromatic nitrogens is 1. The van der Waals surface area contributed by atoms with Crippen molar-refractivity contribution in [1.29, 1.82) is 0 Å². The molecule has 1 aromatic heterocycles. The molecule has 0 amide bonds. The van der Waals surface area contributed by atoms with Gasteiger partial charge in [0.05, 0.1) is 0 Å². The van der Waals surface area contributed by atoms with Crippen LogP contribution in [0.15, 0.2) is 18.3 Å². The zero-order valence-corrected chi connectivity index (χ0v) is 11.4. The summed E-state index contributed by atoms with van der Waals surface area (Å²) in [6.45, 7) is 0. The highest BCUT2D eigenvalue weighted by atomic mass is 16.6. The monoisotopic (exact) mass is 264 g/mol. The van der Waals surface area contributed by atoms with E-state index in [1.54, 1.807) is 12.1 Å². The maximum absolute atomic E-state index is 11.0. The van der Waals surface area contributed by atoms with Crippen LogP contribution in [0.5, 0.6) is 0 Å². The van der Waals surface area contributed by atoms with Gasteiger partial charge < -0.3 is 20.3 Å². The molecule has 6 heteroatoms. The van der Waals surface area contributed by atoms with Gasteiger partial charge in [-0.3, -0.25) is 0 Å². The Labute approximate surface area is 113 Å². The van der Waals surface area contributed by atoms with Gasteiger partial charge in [-0.15, -0.1) is 0 Å². The highest BCUT2D eigenvalue weighted by Gasteiger charge is 2.27. The van der Waals surface area contributed by atoms with Gasteiger partial charge in [-0.05, 0) is 54.8 Å². The highest BCUT2D eigenvalue weighted by Crippen LogP contribution is 2.30. The molecule has 1 aliphatic rings. The zero-order chi connectivity index (χ0) is 13.8. The number of nitro groups is 1. The third-order valence-corrected chi connectivity index (χ3v) is 3.97. The molecule has 2 rings (SSSR count). The average Bonchev–Trinajstić information content (AvgIpc) is 2.46. The normalized spacial score (nSPS) is 23.1. The number of pyridine rings is 1. The van der Waals surface area contributed by atoms with Gasteiger partial charge in [0.2, 0.25) is 0 Å². The summed E-state index contributed by atoms with van der Waals surface area (Å²) in [5, 5.41) is 14.3. The van der Waals surface area contributed by atoms with Gasteiger partial charge in [-0.25, -0.2) is 0 Å². The summed E-state index contributed by atoms with van der Waals surface area (Å²) in [5.74, 6) is -0.0549. The van der Waals surface area contributed by atoms with Crippen molar-refractivity contribution in [3.8, 4) is 0 Å². The maximum atomic E-state index is 11.0. The molecule has 0 spiro atoms. The smallest absolute Gasteiger partial charge is 0.365 e. The molecule has 1 aliphatic carbocycles. The van der Waals surface area contributed by atoms with Crippen LogP contribution in [0, 0.1) is 10.1 Å². The summed E-state index contributed by atoms with van der Waals surface area (Å²) in [5.41, 5.74) is 0.611. The first kappa shape index (κ1) is 13.7. The standard InChI is InChI=1S/C13H20N4O2/c1-14-10-5-7-11(8-6-10)16(2)12-4-3-9-15-13(12)17(18)19/h3-4,9-11,14H,5-8H2,1-2H3. The second-order valence-electron chi connectivity index (χ2n) is 5.01. The van der Waals surface area contributed by atoms with Crippen molar-refractivity contribution in [2.75, 3.05) is 19.0 Å². The van der Waals surface area contributed by atoms with Crippen LogP contribution in [0.4, 0.5) is 11.5 Å². The fourth-order valence-electron chi connectivity index (χ4n) is 2.75. The fraction of sp³-hybridized carbons (Fsp3) is 0.615. The summed E-state index contributed by atoms with van der Waals surface area (Å²) in [4.78, 5) is 16.5. The van der Waals surface area contributed by atoms with Crippen molar-refractivity contribution in [1.82, 2.24) is 10.3 Å². The molecular weight excluding hydrogens is 244 g/mol. The molecule has 1 heterocycles. The Morgan fingerprint density at radius 1 is 1.42 bits per heavy atom. The zero-order valence-electron chi connectivity index (χ0n) is 11.4. The van der Waals surface area contributed by atoms with Gasteiger partial charge in [0, 0.05) is 19.1 Å². The van der Waals surface area contributed by atoms with E-state index in [2.05, 4.69) is 10.3 Å². The van der Waals surface area contributed by atoms with Crippen molar-refractivity contribution < 1.29 is 4.92 Å². The summed E-state index contributed by atoms with van der Waals surface area (Å²) in [7, 11) is 3.91. The Kier molecular flexibility index (Phi) is 4.31. The van der Waals surface area contributed by atoms with Gasteiger partial charge in [0.1, 0.15) is 11.9 Å². The molecule has 1 saturated carbocycles. The molecule has 0 radical (unpaired) electrons. The van der Waals surface area contributed by atoms with Gasteiger partial charge in [0.25, 0.3) is 0 Å². The van der Waals surface area contributed by atoms with E-state index in [-0.39, 0.29) is 5.82 Å². The third-order valence-electron chi connectivity index (χ3n) is 3.97. The van der Waals surface area contributed by atoms with Crippen molar-refractivity contribution >= 4 is 11.5 Å². The van der Waals surface area contributed by atoms with Crippen LogP contribution in [-0.4, -0.2) is 36.1 Å². The lowest BCUT2D eigenvalue weighted by atomic mass is 9.90. The van der Waals surface area contributed by atoms with Gasteiger partial charge >= 0.3 is 5.82 Å². The molecular formula is C13H20N4O2. The highest BCUT2D eigenvalue weighted by molar-refractivity contribution is 5.59. The minimum atomic E-state index is -0.412. The molecule has 1 fully saturated rings. The first-order valence-electron chi connectivity index (χ1n) is 6.63. The van der Waals surface area contributed by atoms with Crippen LogP contribution in [-0.2, 0) is 0 Å². The van der Waals surface area contributed by atoms with E-state index in [9.17, 15) is 10.1 Å². The molecule has 104 valence electrons. The first-order chi connectivity index (χ1) is 9.13. The lowest BCUT2D eigenvalue weighted by Gasteiger charge is -2.35. The van der Waals surface area contributed by atoms with E-state index >= 15 is 0 Å². The van der Waals surface area contributed by atoms with Crippen molar-refractivity contribution in [2.45, 2.75) is 37.8 Å². The summed E-state index contributed by atoms with van der Waals surface area (Å²) in [6.07, 6.45) is 5.79. The minimum Gasteiger partial charge on any atom is -0.365 e. The lowest BCUT2D eigenvalue weighted by molar-refractivity contribution is -0.388. The number of hydrogen-bond donors (Lipinski definition) is 1. The SMILES string of the molecule is CNC1CCC(N(C)c2cccnc2[N+](=O)[O-])CC1. The molecule has 0 atom stereocenters. The number of hydrogen-bond acceptors (Lipinski definition) is 5. The van der Waals surface area contributed by atoms with Crippen LogP contribution in [0.1, 0.15) is 25.7 Å². The Morgan fingerprint density at radius 3 is 2.68 bits per heavy atom. The molecule has 0 aromatic carbocycles. The molecule has 0 unspecified atom stereocenters. The van der Waals surface area contributed by atoms with Crippen LogP contribution in [0.3, 0.4) is 0 Å². The maximum Gasteiger partial charge on any atom is 0.387 e. The van der Waals surface area contributed by atoms with Gasteiger partial charge in [-0.2, -0.15) is 0 Å². The fourth-order valence-corrected chi connectivity index (χ4v) is 2.75. The third kappa shape index (κ3) is 3.01. The predicted octanol–water partition coefficient (Wildman–Crippen LogP) is 1.96. The van der Waals surface area contributed by atoms with Gasteiger partial charge in [-0.1, -0.05) is 0 Å². The number of nitrogens with one attached hydrogen (secondary N) is 1. The van der Waals surface area contributed by atoms with Crippen molar-refractivity contribution in [2.24, 2.45) is 0 Å². The quantitative estimate of drug-likeness (QED) is 0.665. The van der Waals surface area contributed by atoms with Gasteiger partial charge in [0.15, 0.2) is 0 Å². The summed E-state index contributed by atoms with van der Waals surface area (Å²) < 4.78 is 0. The largest absolute Gasteiger partial charge is 0.387 e. The van der Waals surface area contributed by atoms with Crippen LogP contribution < -0.4 is 10.2 Å². The second kappa shape index (κ2) is 5.97. The molecule has 0 aliphatic heterocycles.